The molecule has 1 saturated carbocycles. The van der Waals surface area contributed by atoms with E-state index in [9.17, 15) is 19.7 Å². The summed E-state index contributed by atoms with van der Waals surface area (Å²) >= 11 is 0. The number of nitrogens with zero attached hydrogens (tertiary/aromatic N) is 5. The van der Waals surface area contributed by atoms with Gasteiger partial charge >= 0.3 is 13.7 Å². The molecule has 5 rings (SSSR count). The molecular weight excluding hydrogens is 569 g/mol. The van der Waals surface area contributed by atoms with Gasteiger partial charge in [-0.15, -0.1) is 0 Å². The van der Waals surface area contributed by atoms with Crippen LogP contribution in [0.5, 0.6) is 11.6 Å². The number of aromatic nitrogens is 4. The lowest BCUT2D eigenvalue weighted by molar-refractivity contribution is -0.154. The van der Waals surface area contributed by atoms with E-state index in [4.69, 9.17) is 29.0 Å². The minimum atomic E-state index is -4.25. The Bertz CT molecular complexity index is 1530. The number of carbonyl (C=O) groups excluding carboxylic acids is 1. The van der Waals surface area contributed by atoms with Crippen molar-refractivity contribution in [3.05, 3.63) is 36.7 Å². The Labute approximate surface area is 241 Å². The van der Waals surface area contributed by atoms with E-state index < -0.39 is 50.2 Å². The number of nitriles is 1. The minimum absolute atomic E-state index is 0.0896. The van der Waals surface area contributed by atoms with Gasteiger partial charge in [-0.3, -0.25) is 13.9 Å². The Morgan fingerprint density at radius 2 is 2.10 bits per heavy atom. The molecule has 0 amide bonds. The second-order valence-electron chi connectivity index (χ2n) is 10.3. The van der Waals surface area contributed by atoms with Crippen LogP contribution in [0.4, 0.5) is 5.95 Å². The lowest BCUT2D eigenvalue weighted by Crippen LogP contribution is -2.40. The van der Waals surface area contributed by atoms with Crippen LogP contribution in [0.1, 0.15) is 39.3 Å². The van der Waals surface area contributed by atoms with Gasteiger partial charge in [-0.25, -0.2) is 9.55 Å². The molecular formula is C26H32N7O8P. The van der Waals surface area contributed by atoms with Gasteiger partial charge < -0.3 is 29.6 Å². The molecule has 6 atom stereocenters. The fraction of sp³-hybridized carbons (Fsp3) is 0.500. The summed E-state index contributed by atoms with van der Waals surface area (Å²) < 4.78 is 43.6. The highest BCUT2D eigenvalue weighted by Gasteiger charge is 2.56. The summed E-state index contributed by atoms with van der Waals surface area (Å²) in [6.07, 6.45) is 0.0856. The fourth-order valence-corrected chi connectivity index (χ4v) is 6.17. The molecule has 1 saturated heterocycles. The van der Waals surface area contributed by atoms with Crippen molar-refractivity contribution in [1.82, 2.24) is 24.6 Å². The first kappa shape index (κ1) is 29.7. The summed E-state index contributed by atoms with van der Waals surface area (Å²) in [4.78, 5) is 25.1. The number of aliphatic hydroxyl groups excluding tert-OH is 1. The van der Waals surface area contributed by atoms with Crippen LogP contribution in [0.3, 0.4) is 0 Å². The van der Waals surface area contributed by atoms with Crippen LogP contribution in [0.25, 0.3) is 11.2 Å². The molecule has 0 radical (unpaired) electrons. The number of ether oxygens (including phenoxy) is 3. The first-order chi connectivity index (χ1) is 20.1. The molecule has 224 valence electrons. The van der Waals surface area contributed by atoms with E-state index in [1.807, 2.05) is 0 Å². The molecule has 4 N–H and O–H groups in total. The van der Waals surface area contributed by atoms with Crippen molar-refractivity contribution in [1.29, 1.82) is 5.26 Å². The SMILES string of the molecule is COc1nc(N)nc2c1ncn2[C@@H]1O[C@H](COP(=O)(N[C@@H](C)C(=O)OC2CCC2)Oc2ccccc2)[C@@H](O)[C@@]1(C)C#N. The Balaban J connectivity index is 1.37. The average Bonchev–Trinajstić information content (AvgIpc) is 3.47. The maximum atomic E-state index is 13.9. The Hall–Kier alpha value is -3.80. The average molecular weight is 602 g/mol. The summed E-state index contributed by atoms with van der Waals surface area (Å²) in [5.74, 6) is -0.341. The first-order valence-corrected chi connectivity index (χ1v) is 14.9. The normalized spacial score (nSPS) is 26.1. The lowest BCUT2D eigenvalue weighted by atomic mass is 9.84. The number of hydrogen-bond acceptors (Lipinski definition) is 13. The van der Waals surface area contributed by atoms with Crippen LogP contribution in [0.2, 0.25) is 0 Å². The Morgan fingerprint density at radius 1 is 1.36 bits per heavy atom. The summed E-state index contributed by atoms with van der Waals surface area (Å²) in [7, 11) is -2.84. The number of anilines is 1. The molecule has 0 bridgehead atoms. The van der Waals surface area contributed by atoms with Crippen LogP contribution < -0.4 is 20.1 Å². The van der Waals surface area contributed by atoms with Gasteiger partial charge in [0.15, 0.2) is 17.4 Å². The van der Waals surface area contributed by atoms with Crippen molar-refractivity contribution >= 4 is 30.8 Å². The molecule has 1 unspecified atom stereocenters. The van der Waals surface area contributed by atoms with Gasteiger partial charge in [0.2, 0.25) is 11.8 Å². The largest absolute Gasteiger partial charge is 0.479 e. The molecule has 3 aromatic rings. The van der Waals surface area contributed by atoms with Gasteiger partial charge in [0, 0.05) is 0 Å². The van der Waals surface area contributed by atoms with Crippen molar-refractivity contribution in [3.8, 4) is 17.7 Å². The molecule has 1 aliphatic heterocycles. The number of benzene rings is 1. The van der Waals surface area contributed by atoms with Crippen molar-refractivity contribution in [2.24, 2.45) is 5.41 Å². The van der Waals surface area contributed by atoms with Gasteiger partial charge in [-0.05, 0) is 45.2 Å². The fourth-order valence-electron chi connectivity index (χ4n) is 4.67. The van der Waals surface area contributed by atoms with E-state index in [0.29, 0.717) is 0 Å². The number of methoxy groups -OCH3 is 1. The van der Waals surface area contributed by atoms with E-state index >= 15 is 0 Å². The maximum Gasteiger partial charge on any atom is 0.459 e. The molecule has 42 heavy (non-hydrogen) atoms. The number of fused-ring (bicyclic) bond motifs is 1. The Morgan fingerprint density at radius 3 is 2.74 bits per heavy atom. The van der Waals surface area contributed by atoms with Gasteiger partial charge in [0.25, 0.3) is 0 Å². The molecule has 2 fully saturated rings. The predicted molar refractivity (Wildman–Crippen MR) is 147 cm³/mol. The van der Waals surface area contributed by atoms with E-state index in [1.54, 1.807) is 30.3 Å². The predicted octanol–water partition coefficient (Wildman–Crippen LogP) is 2.48. The number of nitrogens with one attached hydrogen (secondary N) is 1. The summed E-state index contributed by atoms with van der Waals surface area (Å²) in [5, 5.41) is 24.0. The summed E-state index contributed by atoms with van der Waals surface area (Å²) in [5.41, 5.74) is 4.81. The van der Waals surface area contributed by atoms with Crippen molar-refractivity contribution in [2.45, 2.75) is 63.7 Å². The van der Waals surface area contributed by atoms with Crippen molar-refractivity contribution in [3.63, 3.8) is 0 Å². The number of nitrogen functional groups attached to an aromatic ring is 1. The molecule has 1 aliphatic carbocycles. The molecule has 0 spiro atoms. The zero-order chi connectivity index (χ0) is 30.1. The monoisotopic (exact) mass is 601 g/mol. The highest BCUT2D eigenvalue weighted by atomic mass is 31.2. The van der Waals surface area contributed by atoms with E-state index in [-0.39, 0.29) is 34.8 Å². The van der Waals surface area contributed by atoms with Crippen LogP contribution in [0.15, 0.2) is 36.7 Å². The number of carbonyl (C=O) groups is 1. The molecule has 16 heteroatoms. The quantitative estimate of drug-likeness (QED) is 0.213. The summed E-state index contributed by atoms with van der Waals surface area (Å²) in [6.45, 7) is 2.53. The van der Waals surface area contributed by atoms with Gasteiger partial charge in [-0.1, -0.05) is 18.2 Å². The number of rotatable bonds is 11. The maximum absolute atomic E-state index is 13.9. The topological polar surface area (TPSA) is 206 Å². The lowest BCUT2D eigenvalue weighted by Gasteiger charge is -2.28. The van der Waals surface area contributed by atoms with Crippen molar-refractivity contribution < 1.29 is 37.7 Å². The number of nitrogens with two attached hydrogens (primary N) is 1. The smallest absolute Gasteiger partial charge is 0.459 e. The first-order valence-electron chi connectivity index (χ1n) is 13.3. The third-order valence-corrected chi connectivity index (χ3v) is 8.94. The van der Waals surface area contributed by atoms with Gasteiger partial charge in [0.05, 0.1) is 26.1 Å². The van der Waals surface area contributed by atoms with E-state index in [2.05, 4.69) is 26.1 Å². The van der Waals surface area contributed by atoms with Gasteiger partial charge in [0.1, 0.15) is 35.5 Å². The Kier molecular flexibility index (Phi) is 8.36. The zero-order valence-corrected chi connectivity index (χ0v) is 24.1. The number of hydrogen-bond donors (Lipinski definition) is 3. The molecule has 2 aromatic heterocycles. The summed E-state index contributed by atoms with van der Waals surface area (Å²) in [6, 6.07) is 9.35. The number of para-hydroxylation sites is 1. The third kappa shape index (κ3) is 5.77. The molecule has 2 aliphatic rings. The molecule has 3 heterocycles. The van der Waals surface area contributed by atoms with E-state index in [0.717, 1.165) is 19.3 Å². The van der Waals surface area contributed by atoms with Crippen LogP contribution >= 0.6 is 7.75 Å². The number of imidazole rings is 1. The second-order valence-corrected chi connectivity index (χ2v) is 12.0. The second kappa shape index (κ2) is 11.8. The molecule has 1 aromatic carbocycles. The van der Waals surface area contributed by atoms with Crippen LogP contribution in [0, 0.1) is 16.7 Å². The highest BCUT2D eigenvalue weighted by Crippen LogP contribution is 2.49. The minimum Gasteiger partial charge on any atom is -0.479 e. The van der Waals surface area contributed by atoms with Gasteiger partial charge in [-0.2, -0.15) is 20.3 Å². The van der Waals surface area contributed by atoms with Crippen LogP contribution in [-0.4, -0.2) is 68.7 Å². The van der Waals surface area contributed by atoms with Crippen molar-refractivity contribution in [2.75, 3.05) is 19.5 Å². The van der Waals surface area contributed by atoms with Crippen LogP contribution in [-0.2, 0) is 23.4 Å². The number of aliphatic hydroxyl groups is 1. The zero-order valence-electron chi connectivity index (χ0n) is 23.2. The number of esters is 1. The molecule has 15 nitrogen and oxygen atoms in total. The third-order valence-electron chi connectivity index (χ3n) is 7.29. The highest BCUT2D eigenvalue weighted by molar-refractivity contribution is 7.52. The van der Waals surface area contributed by atoms with E-state index in [1.165, 1.54) is 31.9 Å². The standard InChI is InChI=1S/C26H32N7O8P/c1-15(23(35)39-16-10-7-11-16)32-42(36,41-17-8-5-4-6-9-17)38-12-18-20(34)26(2,13-27)24(40-18)33-14-29-19-21(33)30-25(28)31-22(19)37-3/h4-6,8-9,14-16,18,20,24,34H,7,10-12H2,1-3H3,(H,32,36)(H2,28,30,31)/t15-,18+,20+,24+,26+,42?/m0/s1.